The van der Waals surface area contributed by atoms with Crippen molar-refractivity contribution in [2.24, 2.45) is 5.92 Å². The zero-order chi connectivity index (χ0) is 13.9. The summed E-state index contributed by atoms with van der Waals surface area (Å²) in [4.78, 5) is 11.8. The number of benzene rings is 1. The topological polar surface area (TPSA) is 59.0 Å². The average Bonchev–Trinajstić information content (AvgIpc) is 3.21. The van der Waals surface area contributed by atoms with Crippen molar-refractivity contribution < 1.29 is 4.79 Å². The molecule has 0 radical (unpaired) electrons. The lowest BCUT2D eigenvalue weighted by molar-refractivity contribution is 0.248. The Hall–Kier alpha value is -2.30. The molecule has 1 heterocycles. The maximum atomic E-state index is 11.8. The molecule has 1 aliphatic carbocycles. The normalized spacial score (nSPS) is 15.7. The van der Waals surface area contributed by atoms with E-state index in [4.69, 9.17) is 0 Å². The Labute approximate surface area is 118 Å². The molecule has 1 unspecified atom stereocenters. The van der Waals surface area contributed by atoms with Gasteiger partial charge in [0.25, 0.3) is 0 Å². The van der Waals surface area contributed by atoms with Crippen molar-refractivity contribution in [2.45, 2.75) is 25.8 Å². The van der Waals surface area contributed by atoms with Gasteiger partial charge in [0.15, 0.2) is 5.82 Å². The van der Waals surface area contributed by atoms with Gasteiger partial charge in [0.05, 0.1) is 5.69 Å². The van der Waals surface area contributed by atoms with E-state index in [2.05, 4.69) is 15.7 Å². The lowest BCUT2D eigenvalue weighted by atomic mass is 10.2. The van der Waals surface area contributed by atoms with E-state index in [0.717, 1.165) is 5.69 Å². The highest BCUT2D eigenvalue weighted by atomic mass is 16.2. The number of nitrogens with one attached hydrogen (secondary N) is 2. The summed E-state index contributed by atoms with van der Waals surface area (Å²) in [6, 6.07) is 11.6. The van der Waals surface area contributed by atoms with Crippen LogP contribution in [0.1, 0.15) is 19.8 Å². The standard InChI is InChI=1S/C15H18N4O/c1-11(12-7-8-12)16-15(20)17-14-9-10-19(18-14)13-5-3-2-4-6-13/h2-6,9-12H,7-8H2,1H3,(H2,16,17,18,20). The number of amides is 2. The summed E-state index contributed by atoms with van der Waals surface area (Å²) in [6.07, 6.45) is 4.25. The van der Waals surface area contributed by atoms with Crippen molar-refractivity contribution in [3.05, 3.63) is 42.6 Å². The summed E-state index contributed by atoms with van der Waals surface area (Å²) in [7, 11) is 0. The Kier molecular flexibility index (Phi) is 3.41. The van der Waals surface area contributed by atoms with Gasteiger partial charge in [0.1, 0.15) is 0 Å². The highest BCUT2D eigenvalue weighted by molar-refractivity contribution is 5.88. The van der Waals surface area contributed by atoms with E-state index in [1.807, 2.05) is 43.5 Å². The third kappa shape index (κ3) is 2.99. The van der Waals surface area contributed by atoms with Crippen LogP contribution >= 0.6 is 0 Å². The van der Waals surface area contributed by atoms with E-state index in [-0.39, 0.29) is 12.1 Å². The number of hydrogen-bond donors (Lipinski definition) is 2. The molecule has 0 spiro atoms. The number of rotatable bonds is 4. The molecule has 1 atom stereocenters. The molecule has 1 aromatic carbocycles. The van der Waals surface area contributed by atoms with Crippen molar-refractivity contribution in [3.63, 3.8) is 0 Å². The van der Waals surface area contributed by atoms with Crippen molar-refractivity contribution in [1.82, 2.24) is 15.1 Å². The van der Waals surface area contributed by atoms with Crippen LogP contribution in [0.15, 0.2) is 42.6 Å². The Morgan fingerprint density at radius 1 is 1.30 bits per heavy atom. The molecular formula is C15H18N4O. The molecule has 1 fully saturated rings. The van der Waals surface area contributed by atoms with Crippen molar-refractivity contribution in [3.8, 4) is 5.69 Å². The van der Waals surface area contributed by atoms with Crippen LogP contribution in [0, 0.1) is 5.92 Å². The minimum Gasteiger partial charge on any atom is -0.335 e. The van der Waals surface area contributed by atoms with Gasteiger partial charge in [-0.2, -0.15) is 0 Å². The van der Waals surface area contributed by atoms with E-state index in [1.54, 1.807) is 10.7 Å². The summed E-state index contributed by atoms with van der Waals surface area (Å²) in [5.41, 5.74) is 0.965. The number of aromatic nitrogens is 2. The minimum atomic E-state index is -0.192. The predicted molar refractivity (Wildman–Crippen MR) is 77.9 cm³/mol. The van der Waals surface area contributed by atoms with Gasteiger partial charge in [-0.15, -0.1) is 5.10 Å². The Bertz CT molecular complexity index is 589. The fraction of sp³-hybridized carbons (Fsp3) is 0.333. The lowest BCUT2D eigenvalue weighted by Crippen LogP contribution is -2.37. The van der Waals surface area contributed by atoms with E-state index in [0.29, 0.717) is 11.7 Å². The van der Waals surface area contributed by atoms with Crippen LogP contribution in [0.25, 0.3) is 5.69 Å². The lowest BCUT2D eigenvalue weighted by Gasteiger charge is -2.12. The first-order valence-corrected chi connectivity index (χ1v) is 6.91. The summed E-state index contributed by atoms with van der Waals surface area (Å²) in [5.74, 6) is 1.19. The number of urea groups is 1. The summed E-state index contributed by atoms with van der Waals surface area (Å²) in [6.45, 7) is 2.04. The Balaban J connectivity index is 1.61. The highest BCUT2D eigenvalue weighted by Crippen LogP contribution is 2.32. The van der Waals surface area contributed by atoms with Crippen LogP contribution in [-0.4, -0.2) is 21.9 Å². The fourth-order valence-electron chi connectivity index (χ4n) is 2.19. The Morgan fingerprint density at radius 3 is 2.75 bits per heavy atom. The molecule has 5 heteroatoms. The smallest absolute Gasteiger partial charge is 0.320 e. The molecule has 2 amide bonds. The monoisotopic (exact) mass is 270 g/mol. The molecule has 1 aliphatic rings. The summed E-state index contributed by atoms with van der Waals surface area (Å²) >= 11 is 0. The molecular weight excluding hydrogens is 252 g/mol. The number of hydrogen-bond acceptors (Lipinski definition) is 2. The van der Waals surface area contributed by atoms with Crippen molar-refractivity contribution in [2.75, 3.05) is 5.32 Å². The van der Waals surface area contributed by atoms with Gasteiger partial charge >= 0.3 is 6.03 Å². The highest BCUT2D eigenvalue weighted by Gasteiger charge is 2.28. The second-order valence-electron chi connectivity index (χ2n) is 5.21. The molecule has 2 aromatic rings. The Morgan fingerprint density at radius 2 is 2.05 bits per heavy atom. The van der Waals surface area contributed by atoms with E-state index < -0.39 is 0 Å². The number of carbonyl (C=O) groups is 1. The first-order valence-electron chi connectivity index (χ1n) is 6.91. The predicted octanol–water partition coefficient (Wildman–Crippen LogP) is 2.79. The van der Waals surface area contributed by atoms with Gasteiger partial charge in [0.2, 0.25) is 0 Å². The molecule has 20 heavy (non-hydrogen) atoms. The van der Waals surface area contributed by atoms with Gasteiger partial charge in [0, 0.05) is 18.3 Å². The number of carbonyl (C=O) groups excluding carboxylic acids is 1. The molecule has 5 nitrogen and oxygen atoms in total. The molecule has 1 saturated carbocycles. The third-order valence-electron chi connectivity index (χ3n) is 3.54. The second-order valence-corrected chi connectivity index (χ2v) is 5.21. The molecule has 104 valence electrons. The molecule has 0 aliphatic heterocycles. The fourth-order valence-corrected chi connectivity index (χ4v) is 2.19. The average molecular weight is 270 g/mol. The number of anilines is 1. The van der Waals surface area contributed by atoms with Crippen LogP contribution in [0.4, 0.5) is 10.6 Å². The molecule has 0 bridgehead atoms. The van der Waals surface area contributed by atoms with E-state index >= 15 is 0 Å². The number of para-hydroxylation sites is 1. The molecule has 0 saturated heterocycles. The van der Waals surface area contributed by atoms with Crippen LogP contribution in [0.5, 0.6) is 0 Å². The third-order valence-corrected chi connectivity index (χ3v) is 3.54. The largest absolute Gasteiger partial charge is 0.335 e. The zero-order valence-electron chi connectivity index (χ0n) is 11.4. The first-order chi connectivity index (χ1) is 9.72. The SMILES string of the molecule is CC(NC(=O)Nc1ccn(-c2ccccc2)n1)C1CC1. The zero-order valence-corrected chi connectivity index (χ0v) is 11.4. The summed E-state index contributed by atoms with van der Waals surface area (Å²) < 4.78 is 1.74. The quantitative estimate of drug-likeness (QED) is 0.897. The van der Waals surface area contributed by atoms with Crippen LogP contribution in [0.2, 0.25) is 0 Å². The van der Waals surface area contributed by atoms with E-state index in [1.165, 1.54) is 12.8 Å². The van der Waals surface area contributed by atoms with Gasteiger partial charge in [-0.1, -0.05) is 18.2 Å². The van der Waals surface area contributed by atoms with Crippen molar-refractivity contribution >= 4 is 11.8 Å². The van der Waals surface area contributed by atoms with Gasteiger partial charge in [-0.3, -0.25) is 5.32 Å². The second kappa shape index (κ2) is 5.36. The first kappa shape index (κ1) is 12.7. The van der Waals surface area contributed by atoms with Gasteiger partial charge < -0.3 is 5.32 Å². The maximum Gasteiger partial charge on any atom is 0.320 e. The molecule has 1 aromatic heterocycles. The molecule has 3 rings (SSSR count). The van der Waals surface area contributed by atoms with Gasteiger partial charge in [-0.05, 0) is 37.8 Å². The molecule has 2 N–H and O–H groups in total. The summed E-state index contributed by atoms with van der Waals surface area (Å²) in [5, 5.41) is 10.0. The van der Waals surface area contributed by atoms with Crippen LogP contribution in [0.3, 0.4) is 0 Å². The van der Waals surface area contributed by atoms with E-state index in [9.17, 15) is 4.79 Å². The van der Waals surface area contributed by atoms with Gasteiger partial charge in [-0.25, -0.2) is 9.48 Å². The van der Waals surface area contributed by atoms with Crippen LogP contribution < -0.4 is 10.6 Å². The van der Waals surface area contributed by atoms with Crippen molar-refractivity contribution in [1.29, 1.82) is 0 Å². The minimum absolute atomic E-state index is 0.192. The van der Waals surface area contributed by atoms with Crippen LogP contribution in [-0.2, 0) is 0 Å². The maximum absolute atomic E-state index is 11.8. The number of nitrogens with zero attached hydrogens (tertiary/aromatic N) is 2.